The van der Waals surface area contributed by atoms with Crippen molar-refractivity contribution in [2.75, 3.05) is 0 Å². The van der Waals surface area contributed by atoms with Crippen LogP contribution in [0.5, 0.6) is 0 Å². The van der Waals surface area contributed by atoms with Crippen LogP contribution in [-0.2, 0) is 0 Å². The summed E-state index contributed by atoms with van der Waals surface area (Å²) in [4.78, 5) is 0. The molecule has 1 heterocycles. The van der Waals surface area contributed by atoms with Gasteiger partial charge in [-0.3, -0.25) is 0 Å². The summed E-state index contributed by atoms with van der Waals surface area (Å²) in [6.45, 7) is 9.28. The van der Waals surface area contributed by atoms with E-state index in [0.717, 1.165) is 25.7 Å². The van der Waals surface area contributed by atoms with Crippen LogP contribution in [0.4, 0.5) is 0 Å². The average molecular weight is 447 g/mol. The number of fused-ring (bicyclic) bond motifs is 1. The Hall–Kier alpha value is -2.58. The summed E-state index contributed by atoms with van der Waals surface area (Å²) in [6, 6.07) is 26.5. The highest BCUT2D eigenvalue weighted by Gasteiger charge is 2.27. The normalized spacial score (nSPS) is 11.3. The first-order chi connectivity index (χ1) is 15.2. The van der Waals surface area contributed by atoms with E-state index in [0.29, 0.717) is 11.8 Å². The Morgan fingerprint density at radius 1 is 0.656 bits per heavy atom. The van der Waals surface area contributed by atoms with Crippen LogP contribution < -0.4 is 17.0 Å². The molecule has 0 radical (unpaired) electrons. The molecule has 0 aliphatic carbocycles. The monoisotopic (exact) mass is 446 g/mol. The predicted molar refractivity (Wildman–Crippen MR) is 131 cm³/mol. The quantitative estimate of drug-likeness (QED) is 0.346. The highest BCUT2D eigenvalue weighted by molar-refractivity contribution is 5.75. The number of halogens is 1. The fourth-order valence-corrected chi connectivity index (χ4v) is 5.06. The first-order valence-corrected chi connectivity index (χ1v) is 11.9. The fraction of sp³-hybridized carbons (Fsp3) is 0.345. The highest BCUT2D eigenvalue weighted by Crippen LogP contribution is 2.35. The lowest BCUT2D eigenvalue weighted by Gasteiger charge is -2.22. The second-order valence-electron chi connectivity index (χ2n) is 8.49. The van der Waals surface area contributed by atoms with Gasteiger partial charge in [0.2, 0.25) is 0 Å². The average Bonchev–Trinajstić information content (AvgIpc) is 3.21. The number of imidazole rings is 1. The Labute approximate surface area is 199 Å². The van der Waals surface area contributed by atoms with Crippen molar-refractivity contribution < 1.29 is 17.0 Å². The standard InChI is InChI=1S/C29H35N2.ClH/c1-5-22(6-2)25-17-14-18-26(23(7-3)8-4)29(25)31-21-30(24-15-10-9-11-16-24)27-19-12-13-20-28(27)31;/h9-23H,5-8H2,1-4H3;1H/q+1;/p-1. The van der Waals surface area contributed by atoms with Gasteiger partial charge in [-0.15, -0.1) is 0 Å². The first kappa shape index (κ1) is 24.1. The van der Waals surface area contributed by atoms with E-state index in [1.165, 1.54) is 33.5 Å². The van der Waals surface area contributed by atoms with Crippen molar-refractivity contribution in [3.8, 4) is 11.4 Å². The molecule has 0 N–H and O–H groups in total. The molecule has 3 heteroatoms. The summed E-state index contributed by atoms with van der Waals surface area (Å²) in [5.41, 5.74) is 8.06. The molecular weight excluding hydrogens is 412 g/mol. The van der Waals surface area contributed by atoms with Crippen LogP contribution in [0.2, 0.25) is 0 Å². The third-order valence-electron chi connectivity index (χ3n) is 6.86. The fourth-order valence-electron chi connectivity index (χ4n) is 5.06. The summed E-state index contributed by atoms with van der Waals surface area (Å²) in [5, 5.41) is 0. The number of benzene rings is 3. The summed E-state index contributed by atoms with van der Waals surface area (Å²) < 4.78 is 4.79. The molecule has 0 spiro atoms. The van der Waals surface area contributed by atoms with E-state index in [2.05, 4.69) is 116 Å². The van der Waals surface area contributed by atoms with Crippen molar-refractivity contribution >= 4 is 11.0 Å². The topological polar surface area (TPSA) is 8.81 Å². The molecule has 0 fully saturated rings. The van der Waals surface area contributed by atoms with Gasteiger partial charge < -0.3 is 12.4 Å². The van der Waals surface area contributed by atoms with Crippen molar-refractivity contribution in [2.45, 2.75) is 65.2 Å². The number of nitrogens with zero attached hydrogens (tertiary/aromatic N) is 2. The summed E-state index contributed by atoms with van der Waals surface area (Å²) in [7, 11) is 0. The third-order valence-corrected chi connectivity index (χ3v) is 6.86. The second-order valence-corrected chi connectivity index (χ2v) is 8.49. The van der Waals surface area contributed by atoms with Crippen LogP contribution in [-0.4, -0.2) is 4.57 Å². The number of rotatable bonds is 8. The van der Waals surface area contributed by atoms with E-state index in [1.807, 2.05) is 0 Å². The van der Waals surface area contributed by atoms with Crippen LogP contribution >= 0.6 is 0 Å². The molecule has 0 saturated carbocycles. The molecule has 0 aliphatic heterocycles. The molecule has 0 saturated heterocycles. The Morgan fingerprint density at radius 2 is 1.19 bits per heavy atom. The van der Waals surface area contributed by atoms with E-state index in [4.69, 9.17) is 0 Å². The van der Waals surface area contributed by atoms with Crippen LogP contribution in [0.15, 0.2) is 79.1 Å². The van der Waals surface area contributed by atoms with Crippen LogP contribution in [0.25, 0.3) is 22.4 Å². The second kappa shape index (κ2) is 10.8. The Kier molecular flexibility index (Phi) is 8.15. The van der Waals surface area contributed by atoms with Crippen molar-refractivity contribution in [2.24, 2.45) is 0 Å². The summed E-state index contributed by atoms with van der Waals surface area (Å²) in [5.74, 6) is 1.13. The van der Waals surface area contributed by atoms with E-state index in [-0.39, 0.29) is 12.4 Å². The Bertz CT molecular complexity index is 1110. The van der Waals surface area contributed by atoms with Crippen LogP contribution in [0, 0.1) is 0 Å². The van der Waals surface area contributed by atoms with Crippen molar-refractivity contribution in [1.29, 1.82) is 0 Å². The molecule has 0 amide bonds. The molecule has 0 bridgehead atoms. The van der Waals surface area contributed by atoms with Gasteiger partial charge in [0, 0.05) is 11.1 Å². The molecule has 168 valence electrons. The zero-order valence-electron chi connectivity index (χ0n) is 19.8. The number of hydrogen-bond acceptors (Lipinski definition) is 0. The Balaban J connectivity index is 0.00000289. The summed E-state index contributed by atoms with van der Waals surface area (Å²) in [6.07, 6.45) is 6.94. The molecule has 32 heavy (non-hydrogen) atoms. The SMILES string of the molecule is CCC(CC)c1cccc(C(CC)CC)c1-[n+]1cn(-c2ccccc2)c2ccccc21.[Cl-]. The summed E-state index contributed by atoms with van der Waals surface area (Å²) >= 11 is 0. The Morgan fingerprint density at radius 3 is 1.75 bits per heavy atom. The maximum absolute atomic E-state index is 2.46. The van der Waals surface area contributed by atoms with Gasteiger partial charge in [0.05, 0.1) is 0 Å². The molecule has 3 aromatic carbocycles. The van der Waals surface area contributed by atoms with Gasteiger partial charge in [0.25, 0.3) is 6.33 Å². The van der Waals surface area contributed by atoms with Gasteiger partial charge in [-0.1, -0.05) is 76.2 Å². The lowest BCUT2D eigenvalue weighted by molar-refractivity contribution is -0.569. The number of aromatic nitrogens is 2. The minimum atomic E-state index is 0. The number of para-hydroxylation sites is 4. The highest BCUT2D eigenvalue weighted by atomic mass is 35.5. The molecule has 4 rings (SSSR count). The lowest BCUT2D eigenvalue weighted by atomic mass is 9.85. The van der Waals surface area contributed by atoms with Crippen molar-refractivity contribution in [3.63, 3.8) is 0 Å². The van der Waals surface area contributed by atoms with Crippen molar-refractivity contribution in [3.05, 3.63) is 90.3 Å². The van der Waals surface area contributed by atoms with Crippen LogP contribution in [0.3, 0.4) is 0 Å². The van der Waals surface area contributed by atoms with Crippen LogP contribution in [0.1, 0.15) is 76.3 Å². The number of hydrogen-bond donors (Lipinski definition) is 0. The maximum Gasteiger partial charge on any atom is 0.255 e. The molecular formula is C29H35ClN2. The maximum atomic E-state index is 2.46. The molecule has 0 atom stereocenters. The van der Waals surface area contributed by atoms with Crippen molar-refractivity contribution in [1.82, 2.24) is 4.57 Å². The van der Waals surface area contributed by atoms with Gasteiger partial charge in [-0.05, 0) is 61.8 Å². The molecule has 1 aromatic heterocycles. The van der Waals surface area contributed by atoms with Gasteiger partial charge in [-0.25, -0.2) is 0 Å². The van der Waals surface area contributed by atoms with Gasteiger partial charge in [0.1, 0.15) is 11.4 Å². The van der Waals surface area contributed by atoms with Gasteiger partial charge >= 0.3 is 0 Å². The van der Waals surface area contributed by atoms with E-state index in [1.54, 1.807) is 0 Å². The van der Waals surface area contributed by atoms with Gasteiger partial charge in [-0.2, -0.15) is 9.13 Å². The third kappa shape index (κ3) is 4.34. The smallest absolute Gasteiger partial charge is 0.255 e. The molecule has 0 unspecified atom stereocenters. The minimum absolute atomic E-state index is 0. The van der Waals surface area contributed by atoms with E-state index < -0.39 is 0 Å². The van der Waals surface area contributed by atoms with E-state index in [9.17, 15) is 0 Å². The largest absolute Gasteiger partial charge is 1.00 e. The minimum Gasteiger partial charge on any atom is -1.00 e. The first-order valence-electron chi connectivity index (χ1n) is 11.9. The van der Waals surface area contributed by atoms with Gasteiger partial charge in [0.15, 0.2) is 11.0 Å². The zero-order chi connectivity index (χ0) is 21.8. The molecule has 2 nitrogen and oxygen atoms in total. The molecule has 0 aliphatic rings. The lowest BCUT2D eigenvalue weighted by Crippen LogP contribution is -3.00. The zero-order valence-corrected chi connectivity index (χ0v) is 20.5. The predicted octanol–water partition coefficient (Wildman–Crippen LogP) is 4.72. The van der Waals surface area contributed by atoms with E-state index >= 15 is 0 Å². The molecule has 4 aromatic rings.